The fourth-order valence-corrected chi connectivity index (χ4v) is 3.68. The number of amides is 3. The minimum absolute atomic E-state index is 0.0257. The van der Waals surface area contributed by atoms with E-state index in [2.05, 4.69) is 17.6 Å². The highest BCUT2D eigenvalue weighted by Gasteiger charge is 2.31. The molecule has 170 valence electrons. The first-order chi connectivity index (χ1) is 14.8. The van der Waals surface area contributed by atoms with Crippen LogP contribution in [0.5, 0.6) is 0 Å². The van der Waals surface area contributed by atoms with Crippen molar-refractivity contribution in [1.29, 1.82) is 0 Å². The minimum Gasteiger partial charge on any atom is -0.356 e. The summed E-state index contributed by atoms with van der Waals surface area (Å²) in [7, 11) is 0. The van der Waals surface area contributed by atoms with E-state index in [9.17, 15) is 24.5 Å². The lowest BCUT2D eigenvalue weighted by Crippen LogP contribution is -2.52. The molecule has 0 bridgehead atoms. The van der Waals surface area contributed by atoms with Crippen molar-refractivity contribution in [2.75, 3.05) is 19.6 Å². The minimum atomic E-state index is -0.803. The lowest BCUT2D eigenvalue weighted by Gasteiger charge is -2.33. The Kier molecular flexibility index (Phi) is 9.42. The van der Waals surface area contributed by atoms with E-state index in [1.54, 1.807) is 11.8 Å². The fourth-order valence-electron chi connectivity index (χ4n) is 3.68. The fraction of sp³-hybridized carbons (Fsp3) is 0.591. The maximum Gasteiger partial charge on any atom is 0.270 e. The Morgan fingerprint density at radius 2 is 2.03 bits per heavy atom. The second kappa shape index (κ2) is 12.0. The number of piperidine rings is 1. The van der Waals surface area contributed by atoms with Gasteiger partial charge in [-0.05, 0) is 32.3 Å². The molecule has 1 aromatic carbocycles. The molecular formula is C22H32N4O5. The van der Waals surface area contributed by atoms with E-state index in [0.29, 0.717) is 19.6 Å². The first-order valence-corrected chi connectivity index (χ1v) is 10.9. The maximum atomic E-state index is 12.8. The molecule has 2 rings (SSSR count). The second-order valence-corrected chi connectivity index (χ2v) is 7.98. The van der Waals surface area contributed by atoms with E-state index in [1.165, 1.54) is 24.3 Å². The molecule has 2 N–H and O–H groups in total. The van der Waals surface area contributed by atoms with Crippen molar-refractivity contribution in [2.45, 2.75) is 58.4 Å². The van der Waals surface area contributed by atoms with Crippen molar-refractivity contribution in [2.24, 2.45) is 5.92 Å². The Morgan fingerprint density at radius 3 is 2.74 bits per heavy atom. The first-order valence-electron chi connectivity index (χ1n) is 10.9. The molecular weight excluding hydrogens is 400 g/mol. The molecule has 0 aliphatic carbocycles. The zero-order valence-corrected chi connectivity index (χ0v) is 18.3. The monoisotopic (exact) mass is 432 g/mol. The van der Waals surface area contributed by atoms with Gasteiger partial charge in [-0.2, -0.15) is 0 Å². The topological polar surface area (TPSA) is 122 Å². The van der Waals surface area contributed by atoms with Gasteiger partial charge in [0.15, 0.2) is 0 Å². The summed E-state index contributed by atoms with van der Waals surface area (Å²) in [6.07, 6.45) is 5.80. The van der Waals surface area contributed by atoms with Crippen LogP contribution in [0.1, 0.15) is 62.7 Å². The Labute approximate surface area is 182 Å². The number of benzene rings is 1. The van der Waals surface area contributed by atoms with Crippen LogP contribution in [0.25, 0.3) is 0 Å². The smallest absolute Gasteiger partial charge is 0.270 e. The molecule has 0 radical (unpaired) electrons. The van der Waals surface area contributed by atoms with Crippen molar-refractivity contribution in [3.63, 3.8) is 0 Å². The highest BCUT2D eigenvalue weighted by molar-refractivity contribution is 5.98. The summed E-state index contributed by atoms with van der Waals surface area (Å²) in [6.45, 7) is 5.24. The van der Waals surface area contributed by atoms with Crippen LogP contribution in [0, 0.1) is 16.0 Å². The molecule has 1 heterocycles. The van der Waals surface area contributed by atoms with Crippen LogP contribution in [0.3, 0.4) is 0 Å². The van der Waals surface area contributed by atoms with Gasteiger partial charge < -0.3 is 15.5 Å². The van der Waals surface area contributed by atoms with Gasteiger partial charge >= 0.3 is 0 Å². The summed E-state index contributed by atoms with van der Waals surface area (Å²) < 4.78 is 0. The Morgan fingerprint density at radius 1 is 1.26 bits per heavy atom. The predicted octanol–water partition coefficient (Wildman–Crippen LogP) is 2.65. The molecule has 9 heteroatoms. The third kappa shape index (κ3) is 7.34. The molecule has 1 fully saturated rings. The van der Waals surface area contributed by atoms with Gasteiger partial charge in [-0.1, -0.05) is 32.3 Å². The average Bonchev–Trinajstić information content (AvgIpc) is 2.78. The SMILES string of the molecule is CCCCCCNC(=O)C1CCCN(C(=O)C(C)NC(=O)c2cccc([N+](=O)[O-])c2)C1. The van der Waals surface area contributed by atoms with E-state index < -0.39 is 16.9 Å². The maximum absolute atomic E-state index is 12.8. The average molecular weight is 433 g/mol. The number of nitro benzene ring substituents is 1. The number of carbonyl (C=O) groups is 3. The molecule has 9 nitrogen and oxygen atoms in total. The van der Waals surface area contributed by atoms with Gasteiger partial charge in [0.2, 0.25) is 11.8 Å². The predicted molar refractivity (Wildman–Crippen MR) is 116 cm³/mol. The van der Waals surface area contributed by atoms with Gasteiger partial charge in [-0.25, -0.2) is 0 Å². The summed E-state index contributed by atoms with van der Waals surface area (Å²) in [4.78, 5) is 49.6. The van der Waals surface area contributed by atoms with Crippen molar-refractivity contribution >= 4 is 23.4 Å². The summed E-state index contributed by atoms with van der Waals surface area (Å²) in [6, 6.07) is 4.56. The van der Waals surface area contributed by atoms with Crippen LogP contribution in [-0.2, 0) is 9.59 Å². The number of likely N-dealkylation sites (tertiary alicyclic amines) is 1. The largest absolute Gasteiger partial charge is 0.356 e. The van der Waals surface area contributed by atoms with Crippen LogP contribution < -0.4 is 10.6 Å². The van der Waals surface area contributed by atoms with Crippen molar-refractivity contribution in [1.82, 2.24) is 15.5 Å². The summed E-state index contributed by atoms with van der Waals surface area (Å²) in [5.41, 5.74) is -0.0703. The van der Waals surface area contributed by atoms with E-state index in [-0.39, 0.29) is 29.0 Å². The Hall–Kier alpha value is -2.97. The Balaban J connectivity index is 1.87. The number of non-ortho nitro benzene ring substituents is 1. The molecule has 1 saturated heterocycles. The number of nitrogens with zero attached hydrogens (tertiary/aromatic N) is 2. The number of hydrogen-bond acceptors (Lipinski definition) is 5. The highest BCUT2D eigenvalue weighted by atomic mass is 16.6. The van der Waals surface area contributed by atoms with E-state index in [4.69, 9.17) is 0 Å². The van der Waals surface area contributed by atoms with Crippen molar-refractivity contribution in [3.8, 4) is 0 Å². The lowest BCUT2D eigenvalue weighted by atomic mass is 9.96. The number of nitro groups is 1. The number of unbranched alkanes of at least 4 members (excludes halogenated alkanes) is 3. The van der Waals surface area contributed by atoms with Crippen molar-refractivity contribution < 1.29 is 19.3 Å². The zero-order chi connectivity index (χ0) is 22.8. The van der Waals surface area contributed by atoms with Crippen LogP contribution in [0.15, 0.2) is 24.3 Å². The second-order valence-electron chi connectivity index (χ2n) is 7.98. The molecule has 1 aromatic rings. The quantitative estimate of drug-likeness (QED) is 0.334. The highest BCUT2D eigenvalue weighted by Crippen LogP contribution is 2.18. The third-order valence-electron chi connectivity index (χ3n) is 5.47. The van der Waals surface area contributed by atoms with E-state index >= 15 is 0 Å². The first kappa shape index (κ1) is 24.3. The lowest BCUT2D eigenvalue weighted by molar-refractivity contribution is -0.384. The van der Waals surface area contributed by atoms with Gasteiger partial charge in [0.05, 0.1) is 10.8 Å². The van der Waals surface area contributed by atoms with Crippen LogP contribution >= 0.6 is 0 Å². The molecule has 31 heavy (non-hydrogen) atoms. The number of rotatable bonds is 10. The number of hydrogen-bond donors (Lipinski definition) is 2. The molecule has 1 aliphatic heterocycles. The molecule has 1 aliphatic rings. The van der Waals surface area contributed by atoms with Gasteiger partial charge in [0.25, 0.3) is 11.6 Å². The molecule has 0 aromatic heterocycles. The molecule has 3 amide bonds. The van der Waals surface area contributed by atoms with Crippen LogP contribution in [-0.4, -0.2) is 53.2 Å². The molecule has 0 spiro atoms. The van der Waals surface area contributed by atoms with E-state index in [1.807, 2.05) is 0 Å². The van der Waals surface area contributed by atoms with Crippen LogP contribution in [0.2, 0.25) is 0 Å². The van der Waals surface area contributed by atoms with Gasteiger partial charge in [0.1, 0.15) is 6.04 Å². The summed E-state index contributed by atoms with van der Waals surface area (Å²) in [5, 5.41) is 16.5. The standard InChI is InChI=1S/C22H32N4O5/c1-3-4-5-6-12-23-20(27)18-10-8-13-25(15-18)22(29)16(2)24-21(28)17-9-7-11-19(14-17)26(30)31/h7,9,11,14,16,18H,3-6,8,10,12-13,15H2,1-2H3,(H,23,27)(H,24,28). The van der Waals surface area contributed by atoms with Crippen molar-refractivity contribution in [3.05, 3.63) is 39.9 Å². The molecule has 2 unspecified atom stereocenters. The zero-order valence-electron chi connectivity index (χ0n) is 18.3. The third-order valence-corrected chi connectivity index (χ3v) is 5.47. The normalized spacial score (nSPS) is 17.0. The molecule has 2 atom stereocenters. The van der Waals surface area contributed by atoms with Gasteiger partial charge in [0, 0.05) is 37.3 Å². The molecule has 0 saturated carbocycles. The summed E-state index contributed by atoms with van der Waals surface area (Å²) in [5.74, 6) is -1.09. The number of nitrogens with one attached hydrogen (secondary N) is 2. The number of carbonyl (C=O) groups excluding carboxylic acids is 3. The van der Waals surface area contributed by atoms with Gasteiger partial charge in [-0.3, -0.25) is 24.5 Å². The summed E-state index contributed by atoms with van der Waals surface area (Å²) >= 11 is 0. The van der Waals surface area contributed by atoms with E-state index in [0.717, 1.165) is 38.5 Å². The Bertz CT molecular complexity index is 798. The van der Waals surface area contributed by atoms with Gasteiger partial charge in [-0.15, -0.1) is 0 Å². The van der Waals surface area contributed by atoms with Crippen LogP contribution in [0.4, 0.5) is 5.69 Å².